The molecule has 1 aromatic rings. The fraction of sp³-hybridized carbons (Fsp3) is 0.733. The molecule has 1 aliphatic heterocycles. The standard InChI is InChI=1S/C15H22F3N2O6P/c1-4-25-27(23,26-5-2)15(17,18)6-10-8-24-13(11(10)16)20-7-9(3)12(21)19-14(20)22/h7,10-11,13H,4-6,8H2,1-3H3,(H,19,21,22)/t10-,11-,13+/m0/s1. The quantitative estimate of drug-likeness (QED) is 0.657. The van der Waals surface area contributed by atoms with Crippen molar-refractivity contribution < 1.29 is 31.5 Å². The summed E-state index contributed by atoms with van der Waals surface area (Å²) in [4.78, 5) is 25.3. The van der Waals surface area contributed by atoms with E-state index in [-0.39, 0.29) is 18.8 Å². The van der Waals surface area contributed by atoms with Crippen molar-refractivity contribution in [2.24, 2.45) is 5.92 Å². The van der Waals surface area contributed by atoms with Crippen molar-refractivity contribution in [1.29, 1.82) is 0 Å². The average molecular weight is 414 g/mol. The van der Waals surface area contributed by atoms with Crippen LogP contribution >= 0.6 is 7.60 Å². The number of H-pyrrole nitrogens is 1. The maximum atomic E-state index is 14.8. The molecule has 0 radical (unpaired) electrons. The Kier molecular flexibility index (Phi) is 6.72. The third-order valence-electron chi connectivity index (χ3n) is 4.13. The maximum Gasteiger partial charge on any atom is 0.399 e. The predicted octanol–water partition coefficient (Wildman–Crippen LogP) is 2.58. The monoisotopic (exact) mass is 414 g/mol. The van der Waals surface area contributed by atoms with Crippen LogP contribution in [0.5, 0.6) is 0 Å². The van der Waals surface area contributed by atoms with Crippen LogP contribution in [-0.2, 0) is 18.3 Å². The van der Waals surface area contributed by atoms with Gasteiger partial charge < -0.3 is 13.8 Å². The highest BCUT2D eigenvalue weighted by Crippen LogP contribution is 2.64. The average Bonchev–Trinajstić information content (AvgIpc) is 2.91. The van der Waals surface area contributed by atoms with E-state index < -0.39 is 55.9 Å². The van der Waals surface area contributed by atoms with Crippen molar-refractivity contribution >= 4 is 7.60 Å². The molecule has 1 saturated heterocycles. The molecule has 0 aliphatic carbocycles. The van der Waals surface area contributed by atoms with Crippen LogP contribution in [0.4, 0.5) is 13.2 Å². The van der Waals surface area contributed by atoms with Crippen LogP contribution in [0.1, 0.15) is 32.1 Å². The lowest BCUT2D eigenvalue weighted by atomic mass is 10.0. The van der Waals surface area contributed by atoms with E-state index in [0.717, 1.165) is 10.8 Å². The Hall–Kier alpha value is -1.42. The number of halogens is 3. The normalized spacial score (nSPS) is 23.7. The van der Waals surface area contributed by atoms with E-state index in [2.05, 4.69) is 9.05 Å². The molecule has 1 N–H and O–H groups in total. The maximum absolute atomic E-state index is 14.8. The molecule has 0 bridgehead atoms. The topological polar surface area (TPSA) is 99.6 Å². The molecule has 1 aromatic heterocycles. The van der Waals surface area contributed by atoms with Crippen LogP contribution in [0.2, 0.25) is 0 Å². The summed E-state index contributed by atoms with van der Waals surface area (Å²) in [5, 5.41) is 0. The van der Waals surface area contributed by atoms with Crippen LogP contribution in [0, 0.1) is 12.8 Å². The zero-order valence-corrected chi connectivity index (χ0v) is 16.0. The Bertz CT molecular complexity index is 817. The number of hydrogen-bond acceptors (Lipinski definition) is 6. The number of hydrogen-bond donors (Lipinski definition) is 1. The molecule has 0 saturated carbocycles. The number of rotatable bonds is 8. The van der Waals surface area contributed by atoms with Gasteiger partial charge in [-0.25, -0.2) is 9.18 Å². The Morgan fingerprint density at radius 3 is 2.48 bits per heavy atom. The minimum atomic E-state index is -4.79. The smallest absolute Gasteiger partial charge is 0.354 e. The lowest BCUT2D eigenvalue weighted by Gasteiger charge is -2.28. The largest absolute Gasteiger partial charge is 0.399 e. The Morgan fingerprint density at radius 1 is 1.33 bits per heavy atom. The van der Waals surface area contributed by atoms with Gasteiger partial charge in [0.15, 0.2) is 12.4 Å². The summed E-state index contributed by atoms with van der Waals surface area (Å²) < 4.78 is 71.5. The zero-order valence-electron chi connectivity index (χ0n) is 15.1. The number of alkyl halides is 3. The lowest BCUT2D eigenvalue weighted by molar-refractivity contribution is 0.00874. The van der Waals surface area contributed by atoms with Crippen molar-refractivity contribution in [3.63, 3.8) is 0 Å². The fourth-order valence-electron chi connectivity index (χ4n) is 2.81. The molecule has 0 aromatic carbocycles. The first-order chi connectivity index (χ1) is 12.6. The van der Waals surface area contributed by atoms with E-state index in [1.807, 2.05) is 4.98 Å². The molecule has 0 amide bonds. The zero-order chi connectivity index (χ0) is 20.4. The van der Waals surface area contributed by atoms with Gasteiger partial charge in [0.25, 0.3) is 5.56 Å². The van der Waals surface area contributed by atoms with Crippen LogP contribution < -0.4 is 11.2 Å². The van der Waals surface area contributed by atoms with Crippen molar-refractivity contribution in [2.75, 3.05) is 19.8 Å². The molecule has 1 aliphatic rings. The third-order valence-corrected chi connectivity index (χ3v) is 6.31. The Balaban J connectivity index is 2.23. The number of nitrogens with one attached hydrogen (secondary N) is 1. The van der Waals surface area contributed by atoms with Gasteiger partial charge in [-0.3, -0.25) is 18.9 Å². The Labute approximate surface area is 153 Å². The van der Waals surface area contributed by atoms with Gasteiger partial charge in [0.1, 0.15) is 0 Å². The van der Waals surface area contributed by atoms with Gasteiger partial charge in [0.2, 0.25) is 0 Å². The van der Waals surface area contributed by atoms with E-state index in [1.165, 1.54) is 20.8 Å². The first kappa shape index (κ1) is 21.9. The summed E-state index contributed by atoms with van der Waals surface area (Å²) in [7, 11) is -4.79. The van der Waals surface area contributed by atoms with Gasteiger partial charge in [-0.1, -0.05) is 0 Å². The predicted molar refractivity (Wildman–Crippen MR) is 89.9 cm³/mol. The summed E-state index contributed by atoms with van der Waals surface area (Å²) in [5.41, 5.74) is -5.35. The van der Waals surface area contributed by atoms with Crippen molar-refractivity contribution in [3.05, 3.63) is 32.6 Å². The minimum absolute atomic E-state index is 0.136. The summed E-state index contributed by atoms with van der Waals surface area (Å²) in [6.07, 6.45) is -3.51. The van der Waals surface area contributed by atoms with Crippen LogP contribution in [-0.4, -0.2) is 41.2 Å². The molecule has 0 unspecified atom stereocenters. The van der Waals surface area contributed by atoms with E-state index in [9.17, 15) is 27.3 Å². The van der Waals surface area contributed by atoms with Crippen LogP contribution in [0.25, 0.3) is 0 Å². The molecule has 1 fully saturated rings. The summed E-state index contributed by atoms with van der Waals surface area (Å²) >= 11 is 0. The van der Waals surface area contributed by atoms with Gasteiger partial charge in [0, 0.05) is 24.1 Å². The lowest BCUT2D eigenvalue weighted by Crippen LogP contribution is -2.36. The number of aromatic amines is 1. The number of nitrogens with zero attached hydrogens (tertiary/aromatic N) is 1. The van der Waals surface area contributed by atoms with Gasteiger partial charge in [-0.2, -0.15) is 8.78 Å². The fourth-order valence-corrected chi connectivity index (χ4v) is 4.40. The number of aromatic nitrogens is 2. The minimum Gasteiger partial charge on any atom is -0.354 e. The van der Waals surface area contributed by atoms with Crippen molar-refractivity contribution in [2.45, 2.75) is 45.3 Å². The molecule has 12 heteroatoms. The van der Waals surface area contributed by atoms with Crippen LogP contribution in [0.15, 0.2) is 15.8 Å². The second-order valence-corrected chi connectivity index (χ2v) is 8.28. The highest BCUT2D eigenvalue weighted by Gasteiger charge is 2.56. The van der Waals surface area contributed by atoms with E-state index >= 15 is 0 Å². The van der Waals surface area contributed by atoms with Crippen molar-refractivity contribution in [3.8, 4) is 0 Å². The summed E-state index contributed by atoms with van der Waals surface area (Å²) in [6.45, 7) is 3.23. The summed E-state index contributed by atoms with van der Waals surface area (Å²) in [6, 6.07) is 0. The SMILES string of the molecule is CCOP(=O)(OCC)C(F)(F)C[C@H]1CO[C@@H](n2cc(C)c(=O)[nH]c2=O)[C@H]1F. The first-order valence-corrected chi connectivity index (χ1v) is 9.95. The van der Waals surface area contributed by atoms with Crippen molar-refractivity contribution in [1.82, 2.24) is 9.55 Å². The molecule has 0 spiro atoms. The molecular weight excluding hydrogens is 392 g/mol. The van der Waals surface area contributed by atoms with E-state index in [0.29, 0.717) is 0 Å². The van der Waals surface area contributed by atoms with E-state index in [4.69, 9.17) is 4.74 Å². The second kappa shape index (κ2) is 8.30. The molecule has 2 heterocycles. The third kappa shape index (κ3) is 4.37. The molecule has 27 heavy (non-hydrogen) atoms. The first-order valence-electron chi connectivity index (χ1n) is 8.41. The Morgan fingerprint density at radius 2 is 1.93 bits per heavy atom. The second-order valence-electron chi connectivity index (χ2n) is 6.11. The molecule has 3 atom stereocenters. The van der Waals surface area contributed by atoms with Gasteiger partial charge in [-0.05, 0) is 20.8 Å². The molecule has 2 rings (SSSR count). The highest BCUT2D eigenvalue weighted by molar-refractivity contribution is 7.55. The van der Waals surface area contributed by atoms with Gasteiger partial charge in [0.05, 0.1) is 19.8 Å². The molecular formula is C15H22F3N2O6P. The van der Waals surface area contributed by atoms with E-state index in [1.54, 1.807) is 0 Å². The van der Waals surface area contributed by atoms with Gasteiger partial charge >= 0.3 is 18.9 Å². The molecule has 8 nitrogen and oxygen atoms in total. The molecule has 154 valence electrons. The number of aryl methyl sites for hydroxylation is 1. The van der Waals surface area contributed by atoms with Crippen LogP contribution in [0.3, 0.4) is 0 Å². The van der Waals surface area contributed by atoms with Gasteiger partial charge in [-0.15, -0.1) is 0 Å². The number of ether oxygens (including phenoxy) is 1. The highest BCUT2D eigenvalue weighted by atomic mass is 31.2. The summed E-state index contributed by atoms with van der Waals surface area (Å²) in [5.74, 6) is -1.35.